The Labute approximate surface area is 172 Å². The van der Waals surface area contributed by atoms with Crippen LogP contribution in [0.25, 0.3) is 10.2 Å². The molecule has 0 bridgehead atoms. The van der Waals surface area contributed by atoms with E-state index in [9.17, 15) is 4.79 Å². The third-order valence-corrected chi connectivity index (χ3v) is 5.22. The van der Waals surface area contributed by atoms with Crippen LogP contribution in [0.15, 0.2) is 54.6 Å². The minimum atomic E-state index is -0.214. The van der Waals surface area contributed by atoms with Gasteiger partial charge in [0.15, 0.2) is 5.01 Å². The molecule has 2 aromatic carbocycles. The molecule has 0 aliphatic carbocycles. The van der Waals surface area contributed by atoms with Crippen molar-refractivity contribution in [2.24, 2.45) is 0 Å². The van der Waals surface area contributed by atoms with Crippen molar-refractivity contribution in [2.75, 3.05) is 29.6 Å². The van der Waals surface area contributed by atoms with E-state index in [0.717, 1.165) is 21.7 Å². The van der Waals surface area contributed by atoms with Crippen molar-refractivity contribution in [2.45, 2.75) is 6.92 Å². The molecule has 0 fully saturated rings. The fourth-order valence-corrected chi connectivity index (χ4v) is 3.64. The lowest BCUT2D eigenvalue weighted by Crippen LogP contribution is -2.12. The largest absolute Gasteiger partial charge is 0.363 e. The zero-order valence-corrected chi connectivity index (χ0v) is 17.1. The fourth-order valence-electron chi connectivity index (χ4n) is 2.78. The van der Waals surface area contributed by atoms with Crippen molar-refractivity contribution in [1.82, 2.24) is 15.0 Å². The van der Waals surface area contributed by atoms with Gasteiger partial charge in [0.05, 0.1) is 10.2 Å². The average Bonchev–Trinajstić information content (AvgIpc) is 3.13. The fraction of sp³-hybridized carbons (Fsp3) is 0.143. The maximum Gasteiger partial charge on any atom is 0.284 e. The molecule has 0 unspecified atom stereocenters. The summed E-state index contributed by atoms with van der Waals surface area (Å²) in [4.78, 5) is 27.6. The number of nitrogens with one attached hydrogen (secondary N) is 2. The topological polar surface area (TPSA) is 83.0 Å². The Kier molecular flexibility index (Phi) is 5.09. The summed E-state index contributed by atoms with van der Waals surface area (Å²) < 4.78 is 0.995. The number of amides is 1. The molecule has 29 heavy (non-hydrogen) atoms. The van der Waals surface area contributed by atoms with Crippen LogP contribution in [-0.2, 0) is 0 Å². The van der Waals surface area contributed by atoms with Gasteiger partial charge in [0.2, 0.25) is 0 Å². The van der Waals surface area contributed by atoms with Crippen LogP contribution >= 0.6 is 11.3 Å². The smallest absolute Gasteiger partial charge is 0.284 e. The number of carbonyl (C=O) groups excluding carboxylic acids is 1. The zero-order chi connectivity index (χ0) is 20.4. The summed E-state index contributed by atoms with van der Waals surface area (Å²) >= 11 is 1.38. The van der Waals surface area contributed by atoms with Crippen LogP contribution in [0.1, 0.15) is 15.6 Å². The second-order valence-corrected chi connectivity index (χ2v) is 7.73. The number of para-hydroxylation sites is 1. The molecule has 2 aromatic heterocycles. The van der Waals surface area contributed by atoms with E-state index >= 15 is 0 Å². The summed E-state index contributed by atoms with van der Waals surface area (Å²) in [6, 6.07) is 17.1. The Bertz CT molecular complexity index is 1140. The number of hydrogen-bond donors (Lipinski definition) is 2. The van der Waals surface area contributed by atoms with Crippen LogP contribution in [0, 0.1) is 6.92 Å². The number of thiazole rings is 1. The van der Waals surface area contributed by atoms with Gasteiger partial charge >= 0.3 is 0 Å². The molecule has 0 aliphatic rings. The predicted octanol–water partition coefficient (Wildman–Crippen LogP) is 4.46. The standard InChI is InChI=1S/C21H20N6OS/c1-13-22-18(12-19(23-13)27(2)3)24-14-8-10-15(11-9-14)25-20(28)21-26-16-6-4-5-7-17(16)29-21/h4-12H,1-3H3,(H,25,28)(H,22,23,24). The predicted molar refractivity (Wildman–Crippen MR) is 118 cm³/mol. The molecule has 0 saturated carbocycles. The number of aryl methyl sites for hydroxylation is 1. The summed E-state index contributed by atoms with van der Waals surface area (Å²) in [7, 11) is 3.88. The Hall–Kier alpha value is -3.52. The number of nitrogens with zero attached hydrogens (tertiary/aromatic N) is 4. The van der Waals surface area contributed by atoms with Gasteiger partial charge in [0.25, 0.3) is 5.91 Å². The van der Waals surface area contributed by atoms with Gasteiger partial charge in [-0.25, -0.2) is 15.0 Å². The summed E-state index contributed by atoms with van der Waals surface area (Å²) in [6.45, 7) is 1.86. The second-order valence-electron chi connectivity index (χ2n) is 6.70. The van der Waals surface area contributed by atoms with Crippen molar-refractivity contribution in [3.05, 3.63) is 65.4 Å². The molecule has 0 atom stereocenters. The number of benzene rings is 2. The third kappa shape index (κ3) is 4.33. The molecule has 0 saturated heterocycles. The van der Waals surface area contributed by atoms with E-state index < -0.39 is 0 Å². The summed E-state index contributed by atoms with van der Waals surface area (Å²) in [5, 5.41) is 6.61. The van der Waals surface area contributed by atoms with Crippen molar-refractivity contribution < 1.29 is 4.79 Å². The number of aromatic nitrogens is 3. The lowest BCUT2D eigenvalue weighted by atomic mass is 10.2. The molecule has 2 N–H and O–H groups in total. The molecule has 0 radical (unpaired) electrons. The molecular formula is C21H20N6OS. The SMILES string of the molecule is Cc1nc(Nc2ccc(NC(=O)c3nc4ccccc4s3)cc2)cc(N(C)C)n1. The number of fused-ring (bicyclic) bond motifs is 1. The van der Waals surface area contributed by atoms with E-state index in [1.165, 1.54) is 11.3 Å². The highest BCUT2D eigenvalue weighted by molar-refractivity contribution is 7.20. The van der Waals surface area contributed by atoms with E-state index in [4.69, 9.17) is 0 Å². The lowest BCUT2D eigenvalue weighted by Gasteiger charge is -2.14. The molecule has 7 nitrogen and oxygen atoms in total. The number of anilines is 4. The minimum absolute atomic E-state index is 0.214. The Morgan fingerprint density at radius 2 is 1.69 bits per heavy atom. The van der Waals surface area contributed by atoms with Gasteiger partial charge in [-0.2, -0.15) is 0 Å². The van der Waals surface area contributed by atoms with Crippen LogP contribution < -0.4 is 15.5 Å². The highest BCUT2D eigenvalue weighted by Crippen LogP contribution is 2.24. The Morgan fingerprint density at radius 3 is 2.41 bits per heavy atom. The number of hydrogen-bond acceptors (Lipinski definition) is 7. The Morgan fingerprint density at radius 1 is 0.966 bits per heavy atom. The Balaban J connectivity index is 1.46. The van der Waals surface area contributed by atoms with Gasteiger partial charge in [-0.3, -0.25) is 4.79 Å². The first-order valence-electron chi connectivity index (χ1n) is 9.05. The highest BCUT2D eigenvalue weighted by Gasteiger charge is 2.12. The van der Waals surface area contributed by atoms with E-state index in [1.54, 1.807) is 0 Å². The molecular weight excluding hydrogens is 384 g/mol. The van der Waals surface area contributed by atoms with Crippen LogP contribution in [0.4, 0.5) is 23.0 Å². The first kappa shape index (κ1) is 18.8. The van der Waals surface area contributed by atoms with Crippen molar-refractivity contribution in [3.63, 3.8) is 0 Å². The number of rotatable bonds is 5. The van der Waals surface area contributed by atoms with E-state index in [1.807, 2.05) is 80.5 Å². The van der Waals surface area contributed by atoms with Crippen molar-refractivity contribution >= 4 is 50.5 Å². The highest BCUT2D eigenvalue weighted by atomic mass is 32.1. The van der Waals surface area contributed by atoms with E-state index in [0.29, 0.717) is 22.3 Å². The zero-order valence-electron chi connectivity index (χ0n) is 16.3. The van der Waals surface area contributed by atoms with Gasteiger partial charge in [0, 0.05) is 31.5 Å². The summed E-state index contributed by atoms with van der Waals surface area (Å²) in [5.74, 6) is 2.03. The van der Waals surface area contributed by atoms with Crippen molar-refractivity contribution in [3.8, 4) is 0 Å². The van der Waals surface area contributed by atoms with Crippen LogP contribution in [0.3, 0.4) is 0 Å². The maximum atomic E-state index is 12.5. The first-order valence-corrected chi connectivity index (χ1v) is 9.86. The third-order valence-electron chi connectivity index (χ3n) is 4.19. The van der Waals surface area contributed by atoms with Crippen molar-refractivity contribution in [1.29, 1.82) is 0 Å². The molecule has 2 heterocycles. The monoisotopic (exact) mass is 404 g/mol. The summed E-state index contributed by atoms with van der Waals surface area (Å²) in [5.41, 5.74) is 2.40. The number of carbonyl (C=O) groups is 1. The van der Waals surface area contributed by atoms with Crippen LogP contribution in [0.2, 0.25) is 0 Å². The van der Waals surface area contributed by atoms with Gasteiger partial charge in [-0.15, -0.1) is 11.3 Å². The minimum Gasteiger partial charge on any atom is -0.363 e. The molecule has 1 amide bonds. The molecule has 0 spiro atoms. The molecule has 8 heteroatoms. The van der Waals surface area contributed by atoms with E-state index in [-0.39, 0.29) is 5.91 Å². The van der Waals surface area contributed by atoms with Gasteiger partial charge in [-0.05, 0) is 43.3 Å². The maximum absolute atomic E-state index is 12.5. The van der Waals surface area contributed by atoms with Gasteiger partial charge in [0.1, 0.15) is 17.5 Å². The lowest BCUT2D eigenvalue weighted by molar-refractivity contribution is 0.102. The quantitative estimate of drug-likeness (QED) is 0.511. The molecule has 0 aliphatic heterocycles. The molecule has 4 aromatic rings. The average molecular weight is 404 g/mol. The summed E-state index contributed by atoms with van der Waals surface area (Å²) in [6.07, 6.45) is 0. The first-order chi connectivity index (χ1) is 14.0. The van der Waals surface area contributed by atoms with Gasteiger partial charge < -0.3 is 15.5 Å². The molecule has 146 valence electrons. The van der Waals surface area contributed by atoms with Crippen LogP contribution in [0.5, 0.6) is 0 Å². The molecule has 4 rings (SSSR count). The van der Waals surface area contributed by atoms with Gasteiger partial charge in [-0.1, -0.05) is 12.1 Å². The normalized spacial score (nSPS) is 10.7. The van der Waals surface area contributed by atoms with Crippen LogP contribution in [-0.4, -0.2) is 35.0 Å². The second kappa shape index (κ2) is 7.84. The van der Waals surface area contributed by atoms with E-state index in [2.05, 4.69) is 25.6 Å².